The van der Waals surface area contributed by atoms with Crippen LogP contribution >= 0.6 is 0 Å². The van der Waals surface area contributed by atoms with Crippen LogP contribution in [0.5, 0.6) is 0 Å². The van der Waals surface area contributed by atoms with E-state index >= 15 is 0 Å². The van der Waals surface area contributed by atoms with E-state index in [4.69, 9.17) is 5.73 Å². The van der Waals surface area contributed by atoms with Gasteiger partial charge < -0.3 is 11.1 Å². The molecule has 0 aliphatic carbocycles. The van der Waals surface area contributed by atoms with Crippen molar-refractivity contribution in [2.75, 3.05) is 13.1 Å². The predicted molar refractivity (Wildman–Crippen MR) is 95.3 cm³/mol. The van der Waals surface area contributed by atoms with Crippen LogP contribution in [0, 0.1) is 5.92 Å². The van der Waals surface area contributed by atoms with Gasteiger partial charge in [0.25, 0.3) is 0 Å². The summed E-state index contributed by atoms with van der Waals surface area (Å²) in [6, 6.07) is 8.04. The van der Waals surface area contributed by atoms with E-state index in [-0.39, 0.29) is 30.4 Å². The van der Waals surface area contributed by atoms with Gasteiger partial charge >= 0.3 is 0 Å². The standard InChI is InChI=1S/C19H29N3O2/c1-13(2)11-15-6-8-16(9-7-15)14(3)21-18(23)12-22-10-4-5-17(22)19(20)24/h6-9,13-14,17H,4-5,10-12H2,1-3H3,(H2,20,24)(H,21,23). The van der Waals surface area contributed by atoms with Gasteiger partial charge in [0.15, 0.2) is 0 Å². The molecule has 1 aromatic carbocycles. The molecular formula is C19H29N3O2. The Labute approximate surface area is 144 Å². The van der Waals surface area contributed by atoms with Crippen LogP contribution in [-0.2, 0) is 16.0 Å². The molecule has 2 amide bonds. The summed E-state index contributed by atoms with van der Waals surface area (Å²) in [5.74, 6) is 0.225. The number of likely N-dealkylation sites (tertiary alicyclic amines) is 1. The highest BCUT2D eigenvalue weighted by Gasteiger charge is 2.30. The number of nitrogens with two attached hydrogens (primary N) is 1. The number of rotatable bonds is 7. The third kappa shape index (κ3) is 5.06. The summed E-state index contributed by atoms with van der Waals surface area (Å²) in [5.41, 5.74) is 7.79. The van der Waals surface area contributed by atoms with E-state index in [1.165, 1.54) is 5.56 Å². The fourth-order valence-corrected chi connectivity index (χ4v) is 3.31. The van der Waals surface area contributed by atoms with Crippen LogP contribution in [0.4, 0.5) is 0 Å². The van der Waals surface area contributed by atoms with Gasteiger partial charge in [-0.05, 0) is 49.8 Å². The molecule has 0 saturated carbocycles. The molecule has 5 heteroatoms. The Bertz CT molecular complexity index is 568. The molecule has 1 heterocycles. The molecule has 0 aromatic heterocycles. The second kappa shape index (κ2) is 8.29. The minimum atomic E-state index is -0.339. The smallest absolute Gasteiger partial charge is 0.234 e. The van der Waals surface area contributed by atoms with E-state index in [0.717, 1.165) is 31.4 Å². The van der Waals surface area contributed by atoms with Crippen molar-refractivity contribution in [3.8, 4) is 0 Å². The van der Waals surface area contributed by atoms with Crippen molar-refractivity contribution in [3.63, 3.8) is 0 Å². The first-order chi connectivity index (χ1) is 11.4. The molecular weight excluding hydrogens is 302 g/mol. The maximum Gasteiger partial charge on any atom is 0.234 e. The number of carbonyl (C=O) groups excluding carboxylic acids is 2. The summed E-state index contributed by atoms with van der Waals surface area (Å²) in [6.45, 7) is 7.36. The van der Waals surface area contributed by atoms with Crippen molar-refractivity contribution in [2.45, 2.75) is 52.1 Å². The number of primary amides is 1. The van der Waals surface area contributed by atoms with Gasteiger partial charge in [0.1, 0.15) is 0 Å². The topological polar surface area (TPSA) is 75.4 Å². The molecule has 1 fully saturated rings. The minimum Gasteiger partial charge on any atom is -0.368 e. The third-order valence-electron chi connectivity index (χ3n) is 4.54. The van der Waals surface area contributed by atoms with Crippen molar-refractivity contribution < 1.29 is 9.59 Å². The molecule has 1 aliphatic rings. The molecule has 1 aromatic rings. The summed E-state index contributed by atoms with van der Waals surface area (Å²) in [5, 5.41) is 3.01. The lowest BCUT2D eigenvalue weighted by molar-refractivity contribution is -0.126. The number of carbonyl (C=O) groups is 2. The number of amides is 2. The zero-order chi connectivity index (χ0) is 17.7. The average Bonchev–Trinajstić information content (AvgIpc) is 2.95. The molecule has 1 aliphatic heterocycles. The predicted octanol–water partition coefficient (Wildman–Crippen LogP) is 2.01. The van der Waals surface area contributed by atoms with Crippen molar-refractivity contribution in [2.24, 2.45) is 11.7 Å². The Morgan fingerprint density at radius 3 is 2.50 bits per heavy atom. The molecule has 1 saturated heterocycles. The Morgan fingerprint density at radius 2 is 1.92 bits per heavy atom. The van der Waals surface area contributed by atoms with Crippen LogP contribution in [0.3, 0.4) is 0 Å². The highest BCUT2D eigenvalue weighted by atomic mass is 16.2. The Hall–Kier alpha value is -1.88. The summed E-state index contributed by atoms with van der Waals surface area (Å²) in [4.78, 5) is 25.5. The lowest BCUT2D eigenvalue weighted by Crippen LogP contribution is -2.45. The van der Waals surface area contributed by atoms with E-state index in [9.17, 15) is 9.59 Å². The van der Waals surface area contributed by atoms with Gasteiger partial charge in [-0.15, -0.1) is 0 Å². The van der Waals surface area contributed by atoms with Crippen molar-refractivity contribution in [1.29, 1.82) is 0 Å². The molecule has 5 nitrogen and oxygen atoms in total. The summed E-state index contributed by atoms with van der Waals surface area (Å²) < 4.78 is 0. The number of nitrogens with one attached hydrogen (secondary N) is 1. The van der Waals surface area contributed by atoms with E-state index in [1.54, 1.807) is 0 Å². The molecule has 3 N–H and O–H groups in total. The van der Waals surface area contributed by atoms with Crippen LogP contribution in [0.2, 0.25) is 0 Å². The lowest BCUT2D eigenvalue weighted by atomic mass is 10.00. The Kier molecular flexibility index (Phi) is 6.37. The normalized spacial score (nSPS) is 19.4. The molecule has 2 rings (SSSR count). The van der Waals surface area contributed by atoms with E-state index < -0.39 is 0 Å². The van der Waals surface area contributed by atoms with E-state index in [2.05, 4.69) is 43.4 Å². The van der Waals surface area contributed by atoms with Crippen molar-refractivity contribution in [1.82, 2.24) is 10.2 Å². The molecule has 2 atom stereocenters. The van der Waals surface area contributed by atoms with Crippen LogP contribution in [0.15, 0.2) is 24.3 Å². The fourth-order valence-electron chi connectivity index (χ4n) is 3.31. The highest BCUT2D eigenvalue weighted by Crippen LogP contribution is 2.18. The maximum atomic E-state index is 12.3. The molecule has 0 spiro atoms. The van der Waals surface area contributed by atoms with Crippen molar-refractivity contribution >= 4 is 11.8 Å². The quantitative estimate of drug-likeness (QED) is 0.802. The zero-order valence-corrected chi connectivity index (χ0v) is 14.9. The summed E-state index contributed by atoms with van der Waals surface area (Å²) in [7, 11) is 0. The lowest BCUT2D eigenvalue weighted by Gasteiger charge is -2.22. The maximum absolute atomic E-state index is 12.3. The molecule has 0 bridgehead atoms. The van der Waals surface area contributed by atoms with Gasteiger partial charge in [0.2, 0.25) is 11.8 Å². The largest absolute Gasteiger partial charge is 0.368 e. The van der Waals surface area contributed by atoms with Gasteiger partial charge in [-0.1, -0.05) is 38.1 Å². The van der Waals surface area contributed by atoms with Gasteiger partial charge in [-0.25, -0.2) is 0 Å². The first-order valence-corrected chi connectivity index (χ1v) is 8.78. The minimum absolute atomic E-state index is 0.0553. The first kappa shape index (κ1) is 18.5. The second-order valence-electron chi connectivity index (χ2n) is 7.16. The van der Waals surface area contributed by atoms with Crippen LogP contribution in [0.1, 0.15) is 50.8 Å². The van der Waals surface area contributed by atoms with E-state index in [1.807, 2.05) is 11.8 Å². The number of hydrogen-bond donors (Lipinski definition) is 2. The number of benzene rings is 1. The van der Waals surface area contributed by atoms with Gasteiger partial charge in [0.05, 0.1) is 18.6 Å². The zero-order valence-electron chi connectivity index (χ0n) is 14.9. The van der Waals surface area contributed by atoms with Crippen LogP contribution < -0.4 is 11.1 Å². The molecule has 0 radical (unpaired) electrons. The van der Waals surface area contributed by atoms with E-state index in [0.29, 0.717) is 5.92 Å². The third-order valence-corrected chi connectivity index (χ3v) is 4.54. The first-order valence-electron chi connectivity index (χ1n) is 8.78. The molecule has 24 heavy (non-hydrogen) atoms. The number of nitrogens with zero attached hydrogens (tertiary/aromatic N) is 1. The van der Waals surface area contributed by atoms with Crippen molar-refractivity contribution in [3.05, 3.63) is 35.4 Å². The number of hydrogen-bond acceptors (Lipinski definition) is 3. The van der Waals surface area contributed by atoms with Crippen LogP contribution in [0.25, 0.3) is 0 Å². The second-order valence-corrected chi connectivity index (χ2v) is 7.16. The Morgan fingerprint density at radius 1 is 1.25 bits per heavy atom. The fraction of sp³-hybridized carbons (Fsp3) is 0.579. The molecule has 132 valence electrons. The highest BCUT2D eigenvalue weighted by molar-refractivity contribution is 5.83. The summed E-state index contributed by atoms with van der Waals surface area (Å²) >= 11 is 0. The monoisotopic (exact) mass is 331 g/mol. The van der Waals surface area contributed by atoms with Gasteiger partial charge in [-0.3, -0.25) is 14.5 Å². The Balaban J connectivity index is 1.88. The van der Waals surface area contributed by atoms with Gasteiger partial charge in [0, 0.05) is 0 Å². The van der Waals surface area contributed by atoms with Crippen LogP contribution in [-0.4, -0.2) is 35.8 Å². The SMILES string of the molecule is CC(C)Cc1ccc(C(C)NC(=O)CN2CCCC2C(N)=O)cc1. The average molecular weight is 331 g/mol. The van der Waals surface area contributed by atoms with Gasteiger partial charge in [-0.2, -0.15) is 0 Å². The summed E-state index contributed by atoms with van der Waals surface area (Å²) in [6.07, 6.45) is 2.72. The molecule has 2 unspecified atom stereocenters.